The van der Waals surface area contributed by atoms with Crippen molar-refractivity contribution in [3.63, 3.8) is 0 Å². The molecule has 2 aromatic heterocycles. The van der Waals surface area contributed by atoms with Gasteiger partial charge >= 0.3 is 21.7 Å². The van der Waals surface area contributed by atoms with E-state index in [0.29, 0.717) is 11.4 Å². The van der Waals surface area contributed by atoms with Crippen LogP contribution >= 0.6 is 0 Å². The molecule has 0 fully saturated rings. The van der Waals surface area contributed by atoms with Crippen molar-refractivity contribution in [2.75, 3.05) is 0 Å². The Morgan fingerprint density at radius 1 is 0.581 bits per heavy atom. The van der Waals surface area contributed by atoms with Crippen molar-refractivity contribution in [3.05, 3.63) is 123 Å². The summed E-state index contributed by atoms with van der Waals surface area (Å²) in [5, 5.41) is 0. The Hall–Kier alpha value is -2.57. The number of hydrogen-bond acceptors (Lipinski definition) is 0. The third-order valence-corrected chi connectivity index (χ3v) is 3.45. The first kappa shape index (κ1) is 28.4. The van der Waals surface area contributed by atoms with Crippen LogP contribution in [-0.4, -0.2) is 9.13 Å². The summed E-state index contributed by atoms with van der Waals surface area (Å²) in [5.74, 6) is -2.74. The molecule has 160 valence electrons. The molecule has 4 rings (SSSR count). The van der Waals surface area contributed by atoms with E-state index in [2.05, 4.69) is 13.8 Å². The maximum Gasteiger partial charge on any atom is 4.00 e. The first-order valence-electron chi connectivity index (χ1n) is 8.97. The molecular formula is C24H22F4N2Ti. The van der Waals surface area contributed by atoms with E-state index < -0.39 is 23.3 Å². The summed E-state index contributed by atoms with van der Waals surface area (Å²) in [6, 6.07) is 16.1. The Kier molecular flexibility index (Phi) is 14.0. The van der Waals surface area contributed by atoms with Crippen LogP contribution in [0.3, 0.4) is 0 Å². The van der Waals surface area contributed by atoms with Gasteiger partial charge in [-0.25, -0.2) is 17.6 Å². The molecule has 0 N–H and O–H groups in total. The first-order valence-corrected chi connectivity index (χ1v) is 8.97. The summed E-state index contributed by atoms with van der Waals surface area (Å²) in [4.78, 5) is 0. The van der Waals surface area contributed by atoms with Crippen LogP contribution in [-0.2, 0) is 21.7 Å². The quantitative estimate of drug-likeness (QED) is 0.176. The van der Waals surface area contributed by atoms with Crippen molar-refractivity contribution in [2.45, 2.75) is 13.8 Å². The molecular weight excluding hydrogens is 440 g/mol. The topological polar surface area (TPSA) is 9.86 Å². The molecule has 2 aromatic carbocycles. The van der Waals surface area contributed by atoms with Gasteiger partial charge in [0.05, 0.1) is 0 Å². The van der Waals surface area contributed by atoms with E-state index >= 15 is 0 Å². The summed E-state index contributed by atoms with van der Waals surface area (Å²) in [7, 11) is 0. The monoisotopic (exact) mass is 462 g/mol. The Balaban J connectivity index is 0.000000487. The van der Waals surface area contributed by atoms with Gasteiger partial charge in [0.25, 0.3) is 0 Å². The molecule has 0 saturated heterocycles. The minimum atomic E-state index is -0.687. The Labute approximate surface area is 196 Å². The van der Waals surface area contributed by atoms with Gasteiger partial charge in [-0.05, 0) is 60.4 Å². The number of aromatic nitrogens is 2. The van der Waals surface area contributed by atoms with Crippen molar-refractivity contribution < 1.29 is 39.3 Å². The fraction of sp³-hybridized carbons (Fsp3) is 0.0833. The molecule has 0 spiro atoms. The van der Waals surface area contributed by atoms with E-state index in [1.165, 1.54) is 24.3 Å². The van der Waals surface area contributed by atoms with Crippen LogP contribution < -0.4 is 0 Å². The minimum absolute atomic E-state index is 0. The van der Waals surface area contributed by atoms with Crippen molar-refractivity contribution in [3.8, 4) is 11.4 Å². The Morgan fingerprint density at radius 2 is 0.871 bits per heavy atom. The molecule has 0 aliphatic heterocycles. The van der Waals surface area contributed by atoms with E-state index in [9.17, 15) is 17.6 Å². The average molecular weight is 462 g/mol. The van der Waals surface area contributed by atoms with Crippen LogP contribution in [0.15, 0.2) is 73.3 Å². The van der Waals surface area contributed by atoms with E-state index in [1.54, 1.807) is 72.0 Å². The molecule has 0 unspecified atom stereocenters. The van der Waals surface area contributed by atoms with Crippen LogP contribution in [0.25, 0.3) is 11.4 Å². The molecule has 0 amide bonds. The van der Waals surface area contributed by atoms with Gasteiger partial charge in [-0.1, -0.05) is 0 Å². The largest absolute Gasteiger partial charge is 4.00 e. The van der Waals surface area contributed by atoms with E-state index in [0.717, 1.165) is 0 Å². The SMILES string of the molecule is Fc1[c-]c(F)c(-n2cccc2)cc1.Fc1[c-]c(F)c(-n2cccc2)cc1.[CH2-]C.[CH2-]C.[Ti+4]. The number of halogens is 4. The Morgan fingerprint density at radius 3 is 1.13 bits per heavy atom. The smallest absolute Gasteiger partial charge is 0.375 e. The summed E-state index contributed by atoms with van der Waals surface area (Å²) in [5.41, 5.74) is 0.595. The van der Waals surface area contributed by atoms with Gasteiger partial charge in [-0.2, -0.15) is 13.8 Å². The predicted octanol–water partition coefficient (Wildman–Crippen LogP) is 6.79. The van der Waals surface area contributed by atoms with Gasteiger partial charge in [0.2, 0.25) is 0 Å². The number of nitrogens with zero attached hydrogens (tertiary/aromatic N) is 2. The molecule has 0 atom stereocenters. The molecule has 2 heterocycles. The zero-order chi connectivity index (χ0) is 22.5. The molecule has 0 bridgehead atoms. The number of rotatable bonds is 2. The normalized spacial score (nSPS) is 9.03. The second kappa shape index (κ2) is 15.3. The van der Waals surface area contributed by atoms with Crippen LogP contribution in [0.4, 0.5) is 17.6 Å². The molecule has 31 heavy (non-hydrogen) atoms. The summed E-state index contributed by atoms with van der Waals surface area (Å²) >= 11 is 0. The second-order valence-corrected chi connectivity index (χ2v) is 5.19. The van der Waals surface area contributed by atoms with Crippen LogP contribution in [0.2, 0.25) is 0 Å². The van der Waals surface area contributed by atoms with Crippen LogP contribution in [0.1, 0.15) is 13.8 Å². The van der Waals surface area contributed by atoms with Crippen LogP contribution in [0, 0.1) is 49.2 Å². The van der Waals surface area contributed by atoms with Crippen molar-refractivity contribution >= 4 is 0 Å². The van der Waals surface area contributed by atoms with Gasteiger partial charge in [0, 0.05) is 23.3 Å². The zero-order valence-corrected chi connectivity index (χ0v) is 18.8. The molecule has 0 saturated carbocycles. The summed E-state index contributed by atoms with van der Waals surface area (Å²) in [6.07, 6.45) is 6.74. The second-order valence-electron chi connectivity index (χ2n) is 5.19. The van der Waals surface area contributed by atoms with Gasteiger partial charge in [0.1, 0.15) is 0 Å². The first-order chi connectivity index (χ1) is 14.5. The van der Waals surface area contributed by atoms with E-state index in [1.807, 2.05) is 12.1 Å². The van der Waals surface area contributed by atoms with Crippen molar-refractivity contribution in [1.29, 1.82) is 0 Å². The minimum Gasteiger partial charge on any atom is -0.375 e. The predicted molar refractivity (Wildman–Crippen MR) is 111 cm³/mol. The summed E-state index contributed by atoms with van der Waals surface area (Å²) < 4.78 is 54.3. The number of benzene rings is 2. The van der Waals surface area contributed by atoms with Gasteiger partial charge in [-0.15, -0.1) is 36.4 Å². The van der Waals surface area contributed by atoms with Crippen molar-refractivity contribution in [2.24, 2.45) is 0 Å². The maximum absolute atomic E-state index is 13.1. The Bertz CT molecular complexity index is 903. The van der Waals surface area contributed by atoms with Crippen LogP contribution in [0.5, 0.6) is 0 Å². The van der Waals surface area contributed by atoms with E-state index in [4.69, 9.17) is 0 Å². The summed E-state index contributed by atoms with van der Waals surface area (Å²) in [6.45, 7) is 10.0. The molecule has 2 nitrogen and oxygen atoms in total. The average Bonchev–Trinajstić information content (AvgIpc) is 3.46. The molecule has 0 radical (unpaired) electrons. The molecule has 0 aliphatic carbocycles. The third-order valence-electron chi connectivity index (χ3n) is 3.45. The molecule has 0 aliphatic rings. The van der Waals surface area contributed by atoms with Gasteiger partial charge in [0.15, 0.2) is 0 Å². The fourth-order valence-corrected chi connectivity index (χ4v) is 2.26. The fourth-order valence-electron chi connectivity index (χ4n) is 2.26. The zero-order valence-electron chi connectivity index (χ0n) is 17.2. The third kappa shape index (κ3) is 8.60. The van der Waals surface area contributed by atoms with Gasteiger partial charge in [-0.3, -0.25) is 0 Å². The standard InChI is InChI=1S/2C10H6F2N.2C2H5.Ti/c2*11-8-3-4-10(9(12)7-8)13-5-1-2-6-13;2*1-2;/h2*1-6H;2*1H2,2H3;/q4*-1;+4. The van der Waals surface area contributed by atoms with E-state index in [-0.39, 0.29) is 21.7 Å². The van der Waals surface area contributed by atoms with Gasteiger partial charge < -0.3 is 23.0 Å². The van der Waals surface area contributed by atoms with Crippen molar-refractivity contribution in [1.82, 2.24) is 9.13 Å². The number of hydrogen-bond donors (Lipinski definition) is 0. The molecule has 7 heteroatoms. The maximum atomic E-state index is 13.1. The molecule has 4 aromatic rings.